The Balaban J connectivity index is 1.57. The van der Waals surface area contributed by atoms with Crippen molar-refractivity contribution in [2.75, 3.05) is 0 Å². The molecule has 0 aliphatic heterocycles. The van der Waals surface area contributed by atoms with E-state index >= 15 is 0 Å². The third kappa shape index (κ3) is 5.21. The number of ether oxygens (including phenoxy) is 1. The van der Waals surface area contributed by atoms with Crippen molar-refractivity contribution in [3.63, 3.8) is 0 Å². The predicted molar refractivity (Wildman–Crippen MR) is 138 cm³/mol. The van der Waals surface area contributed by atoms with E-state index in [9.17, 15) is 23.5 Å². The zero-order chi connectivity index (χ0) is 27.9. The first-order valence-electron chi connectivity index (χ1n) is 11.9. The van der Waals surface area contributed by atoms with E-state index in [0.29, 0.717) is 27.6 Å². The van der Waals surface area contributed by atoms with Crippen molar-refractivity contribution < 1.29 is 18.6 Å². The first kappa shape index (κ1) is 26.0. The number of hydrogen-bond acceptors (Lipinski definition) is 7. The van der Waals surface area contributed by atoms with Crippen molar-refractivity contribution in [2.45, 2.75) is 39.1 Å². The second kappa shape index (κ2) is 9.91. The van der Waals surface area contributed by atoms with E-state index < -0.39 is 17.9 Å². The highest BCUT2D eigenvalue weighted by molar-refractivity contribution is 5.84. The Labute approximate surface area is 219 Å². The molecular formula is C26H25F2N7O4. The van der Waals surface area contributed by atoms with Crippen LogP contribution in [0.15, 0.2) is 64.7 Å². The molecule has 11 nitrogen and oxygen atoms in total. The minimum atomic E-state index is -3.05. The predicted octanol–water partition coefficient (Wildman–Crippen LogP) is 2.61. The second-order valence-corrected chi connectivity index (χ2v) is 9.58. The number of hydrogen-bond donors (Lipinski definition) is 2. The van der Waals surface area contributed by atoms with E-state index in [0.717, 1.165) is 5.56 Å². The van der Waals surface area contributed by atoms with Crippen LogP contribution in [0.25, 0.3) is 22.0 Å². The van der Waals surface area contributed by atoms with Crippen LogP contribution in [0.1, 0.15) is 30.8 Å². The van der Waals surface area contributed by atoms with Crippen LogP contribution in [-0.4, -0.2) is 45.8 Å². The number of aromatic nitrogens is 7. The Kier molecular flexibility index (Phi) is 6.60. The molecule has 0 aliphatic rings. The van der Waals surface area contributed by atoms with Gasteiger partial charge < -0.3 is 9.84 Å². The number of alkyl halides is 2. The Morgan fingerprint density at radius 3 is 2.44 bits per heavy atom. The molecular weight excluding hydrogens is 512 g/mol. The first-order valence-corrected chi connectivity index (χ1v) is 11.9. The van der Waals surface area contributed by atoms with Crippen LogP contribution in [0.4, 0.5) is 8.78 Å². The standard InChI is InChI=1S/C26H25F2N7O4/c1-26(2,38)23-29-10-18(11-30-23)16-5-6-19-20(9-16)35(33(3)22(19)36)13-17-8-15(4-7-21(17)39-24(27)28)12-34-14-31-32-25(34)37/h4-11,14,24,38H,12-13H2,1-3H3,(H,32,37). The fraction of sp³-hybridized carbons (Fsp3) is 0.269. The average Bonchev–Trinajstić information content (AvgIpc) is 3.40. The molecule has 2 N–H and O–H groups in total. The van der Waals surface area contributed by atoms with E-state index in [-0.39, 0.29) is 30.2 Å². The summed E-state index contributed by atoms with van der Waals surface area (Å²) >= 11 is 0. The monoisotopic (exact) mass is 537 g/mol. The van der Waals surface area contributed by atoms with Crippen molar-refractivity contribution in [1.29, 1.82) is 0 Å². The third-order valence-corrected chi connectivity index (χ3v) is 6.33. The lowest BCUT2D eigenvalue weighted by atomic mass is 10.1. The summed E-state index contributed by atoms with van der Waals surface area (Å²) < 4.78 is 35.6. The van der Waals surface area contributed by atoms with Gasteiger partial charge in [0.15, 0.2) is 5.82 Å². The van der Waals surface area contributed by atoms with Crippen LogP contribution in [0, 0.1) is 0 Å². The summed E-state index contributed by atoms with van der Waals surface area (Å²) in [5.41, 5.74) is 1.13. The van der Waals surface area contributed by atoms with Crippen molar-refractivity contribution in [2.24, 2.45) is 7.05 Å². The van der Waals surface area contributed by atoms with E-state index in [4.69, 9.17) is 4.74 Å². The van der Waals surface area contributed by atoms with E-state index in [1.807, 2.05) is 0 Å². The Hall–Kier alpha value is -4.65. The van der Waals surface area contributed by atoms with Gasteiger partial charge >= 0.3 is 12.3 Å². The number of aromatic amines is 1. The molecule has 2 aromatic carbocycles. The maximum Gasteiger partial charge on any atom is 0.387 e. The summed E-state index contributed by atoms with van der Waals surface area (Å²) in [6, 6.07) is 9.90. The molecule has 0 amide bonds. The lowest BCUT2D eigenvalue weighted by molar-refractivity contribution is -0.0505. The van der Waals surface area contributed by atoms with Crippen molar-refractivity contribution in [3.8, 4) is 16.9 Å². The zero-order valence-electron chi connectivity index (χ0n) is 21.3. The lowest BCUT2D eigenvalue weighted by Gasteiger charge is -2.16. The SMILES string of the molecule is Cn1c(=O)c2ccc(-c3cnc(C(C)(C)O)nc3)cc2n1Cc1cc(Cn2cn[nH]c2=O)ccc1OC(F)F. The van der Waals surface area contributed by atoms with Crippen LogP contribution < -0.4 is 16.0 Å². The fourth-order valence-corrected chi connectivity index (χ4v) is 4.34. The minimum absolute atomic E-state index is 0.0308. The third-order valence-electron chi connectivity index (χ3n) is 6.33. The molecule has 3 aromatic heterocycles. The molecule has 3 heterocycles. The summed E-state index contributed by atoms with van der Waals surface area (Å²) in [5, 5.41) is 16.6. The van der Waals surface area contributed by atoms with Crippen molar-refractivity contribution >= 4 is 10.9 Å². The van der Waals surface area contributed by atoms with E-state index in [1.54, 1.807) is 68.3 Å². The number of halogens is 2. The van der Waals surface area contributed by atoms with Gasteiger partial charge in [0, 0.05) is 30.6 Å². The highest BCUT2D eigenvalue weighted by atomic mass is 19.3. The molecule has 0 fully saturated rings. The number of rotatable bonds is 8. The van der Waals surface area contributed by atoms with Crippen LogP contribution in [0.2, 0.25) is 0 Å². The molecule has 0 aliphatic carbocycles. The van der Waals surface area contributed by atoms with Crippen molar-refractivity contribution in [3.05, 3.63) is 92.9 Å². The topological polar surface area (TPSA) is 133 Å². The minimum Gasteiger partial charge on any atom is -0.434 e. The van der Waals surface area contributed by atoms with Crippen LogP contribution >= 0.6 is 0 Å². The summed E-state index contributed by atoms with van der Waals surface area (Å²) in [6.07, 6.45) is 4.51. The second-order valence-electron chi connectivity index (χ2n) is 9.58. The zero-order valence-corrected chi connectivity index (χ0v) is 21.3. The van der Waals surface area contributed by atoms with Crippen LogP contribution in [-0.2, 0) is 25.7 Å². The number of benzene rings is 2. The molecule has 0 radical (unpaired) electrons. The Bertz CT molecular complexity index is 1760. The van der Waals surface area contributed by atoms with Crippen molar-refractivity contribution in [1.82, 2.24) is 34.1 Å². The molecule has 0 saturated heterocycles. The van der Waals surface area contributed by atoms with Crippen LogP contribution in [0.3, 0.4) is 0 Å². The number of aliphatic hydroxyl groups is 1. The van der Waals surface area contributed by atoms with Gasteiger partial charge in [-0.25, -0.2) is 19.9 Å². The molecule has 0 unspecified atom stereocenters. The Morgan fingerprint density at radius 2 is 1.79 bits per heavy atom. The molecule has 5 rings (SSSR count). The smallest absolute Gasteiger partial charge is 0.387 e. The number of nitrogens with one attached hydrogen (secondary N) is 1. The van der Waals surface area contributed by atoms with Gasteiger partial charge in [-0.2, -0.15) is 13.9 Å². The molecule has 13 heteroatoms. The molecule has 202 valence electrons. The average molecular weight is 538 g/mol. The van der Waals surface area contributed by atoms with E-state index in [1.165, 1.54) is 21.6 Å². The summed E-state index contributed by atoms with van der Waals surface area (Å²) in [7, 11) is 1.59. The number of nitrogens with zero attached hydrogens (tertiary/aromatic N) is 6. The molecule has 5 aromatic rings. The van der Waals surface area contributed by atoms with E-state index in [2.05, 4.69) is 20.2 Å². The van der Waals surface area contributed by atoms with Gasteiger partial charge in [-0.3, -0.25) is 18.7 Å². The molecule has 0 atom stereocenters. The quantitative estimate of drug-likeness (QED) is 0.311. The highest BCUT2D eigenvalue weighted by Crippen LogP contribution is 2.27. The maximum absolute atomic E-state index is 13.2. The Morgan fingerprint density at radius 1 is 1.05 bits per heavy atom. The maximum atomic E-state index is 13.2. The summed E-state index contributed by atoms with van der Waals surface area (Å²) in [6.45, 7) is 0.321. The first-order chi connectivity index (χ1) is 18.5. The lowest BCUT2D eigenvalue weighted by Crippen LogP contribution is -2.20. The normalized spacial score (nSPS) is 12.0. The van der Waals surface area contributed by atoms with Gasteiger partial charge in [0.05, 0.1) is 24.0 Å². The van der Waals surface area contributed by atoms with Gasteiger partial charge in [-0.1, -0.05) is 12.1 Å². The molecule has 0 spiro atoms. The van der Waals surface area contributed by atoms with Gasteiger partial charge in [0.1, 0.15) is 17.7 Å². The van der Waals surface area contributed by atoms with Gasteiger partial charge in [-0.15, -0.1) is 0 Å². The summed E-state index contributed by atoms with van der Waals surface area (Å²) in [4.78, 5) is 33.4. The molecule has 39 heavy (non-hydrogen) atoms. The molecule has 0 saturated carbocycles. The fourth-order valence-electron chi connectivity index (χ4n) is 4.34. The van der Waals surface area contributed by atoms with Crippen LogP contribution in [0.5, 0.6) is 5.75 Å². The molecule has 0 bridgehead atoms. The van der Waals surface area contributed by atoms with Gasteiger partial charge in [-0.05, 0) is 49.2 Å². The number of fused-ring (bicyclic) bond motifs is 1. The van der Waals surface area contributed by atoms with Gasteiger partial charge in [0.25, 0.3) is 5.56 Å². The van der Waals surface area contributed by atoms with Gasteiger partial charge in [0.2, 0.25) is 0 Å². The highest BCUT2D eigenvalue weighted by Gasteiger charge is 2.20. The summed E-state index contributed by atoms with van der Waals surface area (Å²) in [5.74, 6) is 0.224. The largest absolute Gasteiger partial charge is 0.434 e. The number of H-pyrrole nitrogens is 1.